The number of halogens is 2. The fourth-order valence-corrected chi connectivity index (χ4v) is 2.51. The van der Waals surface area contributed by atoms with Gasteiger partial charge in [0.2, 0.25) is 0 Å². The maximum absolute atomic E-state index is 13.7. The molecular formula is C14H20ClFN2O. The van der Waals surface area contributed by atoms with E-state index in [1.807, 2.05) is 14.0 Å². The van der Waals surface area contributed by atoms with E-state index in [-0.39, 0.29) is 29.9 Å². The third kappa shape index (κ3) is 3.45. The SMILES string of the molecule is CNCC1CCCN1C(=O)c1cc(C)ccc1F.Cl. The number of nitrogens with one attached hydrogen (secondary N) is 1. The average Bonchev–Trinajstić information content (AvgIpc) is 2.80. The number of aryl methyl sites for hydroxylation is 1. The highest BCUT2D eigenvalue weighted by Gasteiger charge is 2.30. The molecule has 0 spiro atoms. The summed E-state index contributed by atoms with van der Waals surface area (Å²) in [5.41, 5.74) is 1.10. The molecule has 1 aliphatic heterocycles. The molecule has 5 heteroatoms. The van der Waals surface area contributed by atoms with Gasteiger partial charge in [0.25, 0.3) is 5.91 Å². The van der Waals surface area contributed by atoms with Crippen LogP contribution in [0.5, 0.6) is 0 Å². The first-order valence-electron chi connectivity index (χ1n) is 6.35. The molecule has 1 N–H and O–H groups in total. The van der Waals surface area contributed by atoms with Crippen molar-refractivity contribution in [1.82, 2.24) is 10.2 Å². The second-order valence-corrected chi connectivity index (χ2v) is 4.84. The summed E-state index contributed by atoms with van der Waals surface area (Å²) in [5, 5.41) is 3.08. The third-order valence-corrected chi connectivity index (χ3v) is 3.43. The minimum atomic E-state index is -0.430. The summed E-state index contributed by atoms with van der Waals surface area (Å²) in [4.78, 5) is 14.1. The van der Waals surface area contributed by atoms with Crippen molar-refractivity contribution in [3.8, 4) is 0 Å². The van der Waals surface area contributed by atoms with Gasteiger partial charge in [0.1, 0.15) is 5.82 Å². The Kier molecular flexibility index (Phi) is 5.76. The Balaban J connectivity index is 0.00000180. The van der Waals surface area contributed by atoms with Crippen molar-refractivity contribution in [2.45, 2.75) is 25.8 Å². The molecule has 106 valence electrons. The first-order valence-corrected chi connectivity index (χ1v) is 6.35. The van der Waals surface area contributed by atoms with Gasteiger partial charge >= 0.3 is 0 Å². The number of likely N-dealkylation sites (tertiary alicyclic amines) is 1. The molecule has 19 heavy (non-hydrogen) atoms. The van der Waals surface area contributed by atoms with Gasteiger partial charge in [-0.1, -0.05) is 11.6 Å². The van der Waals surface area contributed by atoms with Crippen molar-refractivity contribution in [2.75, 3.05) is 20.1 Å². The van der Waals surface area contributed by atoms with Crippen LogP contribution in [0, 0.1) is 12.7 Å². The molecule has 3 nitrogen and oxygen atoms in total. The van der Waals surface area contributed by atoms with Crippen LogP contribution in [0.2, 0.25) is 0 Å². The Morgan fingerprint density at radius 2 is 2.26 bits per heavy atom. The molecule has 0 aliphatic carbocycles. The van der Waals surface area contributed by atoms with Crippen molar-refractivity contribution in [2.24, 2.45) is 0 Å². The van der Waals surface area contributed by atoms with Crippen LogP contribution in [0.25, 0.3) is 0 Å². The largest absolute Gasteiger partial charge is 0.334 e. The highest BCUT2D eigenvalue weighted by atomic mass is 35.5. The van der Waals surface area contributed by atoms with Crippen LogP contribution in [0.4, 0.5) is 4.39 Å². The van der Waals surface area contributed by atoms with Crippen molar-refractivity contribution >= 4 is 18.3 Å². The second kappa shape index (κ2) is 6.87. The monoisotopic (exact) mass is 286 g/mol. The lowest BCUT2D eigenvalue weighted by Gasteiger charge is -2.24. The molecule has 0 saturated carbocycles. The Morgan fingerprint density at radius 1 is 1.53 bits per heavy atom. The van der Waals surface area contributed by atoms with Gasteiger partial charge in [-0.3, -0.25) is 4.79 Å². The van der Waals surface area contributed by atoms with Crippen molar-refractivity contribution in [1.29, 1.82) is 0 Å². The summed E-state index contributed by atoms with van der Waals surface area (Å²) >= 11 is 0. The van der Waals surface area contributed by atoms with E-state index in [0.29, 0.717) is 0 Å². The topological polar surface area (TPSA) is 32.3 Å². The molecule has 1 heterocycles. The van der Waals surface area contributed by atoms with Crippen LogP contribution in [0.1, 0.15) is 28.8 Å². The van der Waals surface area contributed by atoms with Crippen molar-refractivity contribution < 1.29 is 9.18 Å². The zero-order chi connectivity index (χ0) is 13.1. The Bertz CT molecular complexity index is 453. The first kappa shape index (κ1) is 15.9. The molecule has 1 amide bonds. The van der Waals surface area contributed by atoms with Crippen LogP contribution in [0.3, 0.4) is 0 Å². The number of nitrogens with zero attached hydrogens (tertiary/aromatic N) is 1. The number of hydrogen-bond acceptors (Lipinski definition) is 2. The summed E-state index contributed by atoms with van der Waals surface area (Å²) in [6.07, 6.45) is 1.98. The number of benzene rings is 1. The maximum atomic E-state index is 13.7. The van der Waals surface area contributed by atoms with E-state index >= 15 is 0 Å². The third-order valence-electron chi connectivity index (χ3n) is 3.43. The summed E-state index contributed by atoms with van der Waals surface area (Å²) in [6.45, 7) is 3.35. The molecule has 1 aromatic rings. The smallest absolute Gasteiger partial charge is 0.257 e. The fraction of sp³-hybridized carbons (Fsp3) is 0.500. The van der Waals surface area contributed by atoms with E-state index < -0.39 is 5.82 Å². The molecular weight excluding hydrogens is 267 g/mol. The first-order chi connectivity index (χ1) is 8.63. The van der Waals surface area contributed by atoms with Gasteiger partial charge in [0, 0.05) is 19.1 Å². The van der Waals surface area contributed by atoms with E-state index in [1.165, 1.54) is 6.07 Å². The Morgan fingerprint density at radius 3 is 2.95 bits per heavy atom. The Hall–Kier alpha value is -1.13. The zero-order valence-electron chi connectivity index (χ0n) is 11.3. The number of carbonyl (C=O) groups excluding carboxylic acids is 1. The van der Waals surface area contributed by atoms with Gasteiger partial charge in [-0.2, -0.15) is 0 Å². The summed E-state index contributed by atoms with van der Waals surface area (Å²) < 4.78 is 13.7. The van der Waals surface area contributed by atoms with Crippen LogP contribution in [-0.2, 0) is 0 Å². The molecule has 0 radical (unpaired) electrons. The quantitative estimate of drug-likeness (QED) is 0.925. The summed E-state index contributed by atoms with van der Waals surface area (Å²) in [7, 11) is 1.87. The molecule has 0 aromatic heterocycles. The Labute approximate surface area is 119 Å². The van der Waals surface area contributed by atoms with Crippen molar-refractivity contribution in [3.63, 3.8) is 0 Å². The highest BCUT2D eigenvalue weighted by molar-refractivity contribution is 5.95. The van der Waals surface area contributed by atoms with Gasteiger partial charge in [0.05, 0.1) is 5.56 Å². The molecule has 1 atom stereocenters. The van der Waals surface area contributed by atoms with Gasteiger partial charge in [-0.05, 0) is 38.9 Å². The van der Waals surface area contributed by atoms with Crippen LogP contribution >= 0.6 is 12.4 Å². The van der Waals surface area contributed by atoms with Crippen LogP contribution in [-0.4, -0.2) is 37.0 Å². The van der Waals surface area contributed by atoms with Crippen molar-refractivity contribution in [3.05, 3.63) is 35.1 Å². The number of likely N-dealkylation sites (N-methyl/N-ethyl adjacent to an activating group) is 1. The number of amides is 1. The summed E-state index contributed by atoms with van der Waals surface area (Å²) in [6, 6.07) is 4.86. The minimum absolute atomic E-state index is 0. The fourth-order valence-electron chi connectivity index (χ4n) is 2.51. The standard InChI is InChI=1S/C14H19FN2O.ClH/c1-10-5-6-13(15)12(8-10)14(18)17-7-3-4-11(17)9-16-2;/h5-6,8,11,16H,3-4,7,9H2,1-2H3;1H. The van der Waals surface area contributed by atoms with Crippen LogP contribution < -0.4 is 5.32 Å². The maximum Gasteiger partial charge on any atom is 0.257 e. The van der Waals surface area contributed by atoms with Crippen LogP contribution in [0.15, 0.2) is 18.2 Å². The predicted octanol–water partition coefficient (Wildman–Crippen LogP) is 2.38. The van der Waals surface area contributed by atoms with E-state index in [9.17, 15) is 9.18 Å². The van der Waals surface area contributed by atoms with Gasteiger partial charge < -0.3 is 10.2 Å². The van der Waals surface area contributed by atoms with Gasteiger partial charge in [-0.15, -0.1) is 12.4 Å². The molecule has 1 aliphatic rings. The lowest BCUT2D eigenvalue weighted by molar-refractivity contribution is 0.0732. The van der Waals surface area contributed by atoms with Gasteiger partial charge in [-0.25, -0.2) is 4.39 Å². The molecule has 0 bridgehead atoms. The summed E-state index contributed by atoms with van der Waals surface area (Å²) in [5.74, 6) is -0.616. The zero-order valence-corrected chi connectivity index (χ0v) is 12.1. The predicted molar refractivity (Wildman–Crippen MR) is 76.4 cm³/mol. The highest BCUT2D eigenvalue weighted by Crippen LogP contribution is 2.21. The number of carbonyl (C=O) groups is 1. The molecule has 1 aromatic carbocycles. The average molecular weight is 287 g/mol. The second-order valence-electron chi connectivity index (χ2n) is 4.84. The lowest BCUT2D eigenvalue weighted by Crippen LogP contribution is -2.41. The normalized spacial score (nSPS) is 18.3. The number of hydrogen-bond donors (Lipinski definition) is 1. The molecule has 1 unspecified atom stereocenters. The van der Waals surface area contributed by atoms with E-state index in [4.69, 9.17) is 0 Å². The molecule has 1 saturated heterocycles. The number of rotatable bonds is 3. The lowest BCUT2D eigenvalue weighted by atomic mass is 10.1. The van der Waals surface area contributed by atoms with E-state index in [0.717, 1.165) is 31.5 Å². The molecule has 2 rings (SSSR count). The van der Waals surface area contributed by atoms with Gasteiger partial charge in [0.15, 0.2) is 0 Å². The molecule has 1 fully saturated rings. The van der Waals surface area contributed by atoms with E-state index in [1.54, 1.807) is 17.0 Å². The minimum Gasteiger partial charge on any atom is -0.334 e. The van der Waals surface area contributed by atoms with E-state index in [2.05, 4.69) is 5.32 Å².